The van der Waals surface area contributed by atoms with Gasteiger partial charge in [-0.1, -0.05) is 11.2 Å². The summed E-state index contributed by atoms with van der Waals surface area (Å²) in [6.07, 6.45) is 0.637. The van der Waals surface area contributed by atoms with Gasteiger partial charge in [0.25, 0.3) is 0 Å². The van der Waals surface area contributed by atoms with Gasteiger partial charge in [-0.25, -0.2) is 0 Å². The topological polar surface area (TPSA) is 78.8 Å². The molecule has 1 N–H and O–H groups in total. The standard InChI is InChI=1S/C3H8O5P2S/c1-2-3-7-10(6,11)8-9(4)5/h2-3H2,1H3,(H,6,11). The molecule has 0 aromatic heterocycles. The van der Waals surface area contributed by atoms with Crippen LogP contribution in [0, 0.1) is 0 Å². The summed E-state index contributed by atoms with van der Waals surface area (Å²) in [6, 6.07) is 0. The Balaban J connectivity index is 3.80. The van der Waals surface area contributed by atoms with Gasteiger partial charge in [0.15, 0.2) is 0 Å². The van der Waals surface area contributed by atoms with Gasteiger partial charge >= 0.3 is 15.0 Å². The number of hydrogen-bond acceptors (Lipinski definition) is 5. The molecule has 0 amide bonds. The molecule has 0 aromatic rings. The Bertz CT molecular complexity index is 183. The first-order valence-corrected chi connectivity index (χ1v) is 6.48. The first-order valence-electron chi connectivity index (χ1n) is 2.79. The second-order valence-corrected chi connectivity index (χ2v) is 5.29. The molecular weight excluding hydrogens is 210 g/mol. The highest BCUT2D eigenvalue weighted by Crippen LogP contribution is 2.49. The third-order valence-electron chi connectivity index (χ3n) is 0.628. The van der Waals surface area contributed by atoms with Crippen LogP contribution in [0.15, 0.2) is 0 Å². The lowest BCUT2D eigenvalue weighted by Crippen LogP contribution is -1.95. The first kappa shape index (κ1) is 11.6. The highest BCUT2D eigenvalue weighted by atomic mass is 32.5. The van der Waals surface area contributed by atoms with Gasteiger partial charge in [0.2, 0.25) is 0 Å². The zero-order valence-electron chi connectivity index (χ0n) is 5.80. The molecule has 0 saturated carbocycles. The molecule has 0 fully saturated rings. The molecular formula is C3H8O5P2S. The van der Waals surface area contributed by atoms with Crippen LogP contribution >= 0.6 is 15.0 Å². The average Bonchev–Trinajstić information content (AvgIpc) is 1.81. The Kier molecular flexibility index (Phi) is 5.56. The van der Waals surface area contributed by atoms with E-state index in [4.69, 9.17) is 4.89 Å². The van der Waals surface area contributed by atoms with Crippen LogP contribution in [0.5, 0.6) is 0 Å². The Morgan fingerprint density at radius 1 is 1.82 bits per heavy atom. The molecule has 0 saturated heterocycles. The fourth-order valence-corrected chi connectivity index (χ4v) is 2.30. The summed E-state index contributed by atoms with van der Waals surface area (Å²) in [7, 11) is -3.13. The van der Waals surface area contributed by atoms with Crippen LogP contribution in [0.3, 0.4) is 0 Å². The lowest BCUT2D eigenvalue weighted by atomic mass is 10.5. The van der Waals surface area contributed by atoms with E-state index in [1.807, 2.05) is 0 Å². The number of rotatable bonds is 5. The van der Waals surface area contributed by atoms with Crippen molar-refractivity contribution in [3.8, 4) is 0 Å². The Morgan fingerprint density at radius 3 is 2.73 bits per heavy atom. The summed E-state index contributed by atoms with van der Waals surface area (Å²) in [5.74, 6) is 0. The molecule has 0 radical (unpaired) electrons. The van der Waals surface area contributed by atoms with E-state index >= 15 is 0 Å². The largest absolute Gasteiger partial charge is 0.566 e. The first-order chi connectivity index (χ1) is 4.98. The predicted octanol–water partition coefficient (Wildman–Crippen LogP) is 0.664. The molecule has 2 unspecified atom stereocenters. The van der Waals surface area contributed by atoms with Crippen LogP contribution in [-0.2, 0) is 25.2 Å². The van der Waals surface area contributed by atoms with Crippen molar-refractivity contribution < 1.29 is 23.2 Å². The van der Waals surface area contributed by atoms with E-state index in [2.05, 4.69) is 20.6 Å². The van der Waals surface area contributed by atoms with Crippen LogP contribution in [-0.4, -0.2) is 11.5 Å². The maximum atomic E-state index is 9.91. The fraction of sp³-hybridized carbons (Fsp3) is 1.00. The van der Waals surface area contributed by atoms with Crippen LogP contribution in [0.1, 0.15) is 13.3 Å². The molecule has 8 heteroatoms. The van der Waals surface area contributed by atoms with Crippen molar-refractivity contribution in [2.75, 3.05) is 6.61 Å². The normalized spacial score (nSPS) is 17.5. The highest BCUT2D eigenvalue weighted by molar-refractivity contribution is 8.08. The third kappa shape index (κ3) is 6.97. The second kappa shape index (κ2) is 5.27. The van der Waals surface area contributed by atoms with Gasteiger partial charge < -0.3 is 14.3 Å². The molecule has 0 aromatic carbocycles. The summed E-state index contributed by atoms with van der Waals surface area (Å²) in [5.41, 5.74) is 0. The molecule has 11 heavy (non-hydrogen) atoms. The van der Waals surface area contributed by atoms with Crippen LogP contribution in [0.4, 0.5) is 0 Å². The molecule has 0 heterocycles. The predicted molar refractivity (Wildman–Crippen MR) is 41.4 cm³/mol. The van der Waals surface area contributed by atoms with Crippen molar-refractivity contribution in [1.82, 2.24) is 0 Å². The van der Waals surface area contributed by atoms with Crippen molar-refractivity contribution in [2.24, 2.45) is 0 Å². The monoisotopic (exact) mass is 218 g/mol. The summed E-state index contributed by atoms with van der Waals surface area (Å²) in [6.45, 7) is -1.54. The second-order valence-electron chi connectivity index (χ2n) is 1.61. The van der Waals surface area contributed by atoms with Gasteiger partial charge in [0.1, 0.15) is 0 Å². The minimum atomic E-state index is -3.53. The minimum absolute atomic E-state index is 0.191. The van der Waals surface area contributed by atoms with Gasteiger partial charge in [-0.05, 0) is 22.8 Å². The Hall–Kier alpha value is 0.590. The number of hydrogen-bond donors (Lipinski definition) is 1. The molecule has 0 aliphatic heterocycles. The van der Waals surface area contributed by atoms with Crippen molar-refractivity contribution in [1.29, 1.82) is 0 Å². The van der Waals surface area contributed by atoms with Crippen LogP contribution in [0.2, 0.25) is 0 Å². The minimum Gasteiger partial charge on any atom is -0.566 e. The smallest absolute Gasteiger partial charge is 0.497 e. The zero-order chi connectivity index (χ0) is 8.91. The SMILES string of the molecule is CCCOP(O)(=S)O[P+](=O)[O-]. The molecule has 5 nitrogen and oxygen atoms in total. The summed E-state index contributed by atoms with van der Waals surface area (Å²) in [4.78, 5) is 18.8. The maximum Gasteiger partial charge on any atom is 0.497 e. The van der Waals surface area contributed by atoms with E-state index in [1.54, 1.807) is 6.92 Å². The summed E-state index contributed by atoms with van der Waals surface area (Å²) >= 11 is 4.32. The van der Waals surface area contributed by atoms with Gasteiger partial charge in [-0.15, -0.1) is 0 Å². The van der Waals surface area contributed by atoms with Crippen molar-refractivity contribution in [3.05, 3.63) is 0 Å². The van der Waals surface area contributed by atoms with E-state index in [0.717, 1.165) is 0 Å². The van der Waals surface area contributed by atoms with E-state index in [0.29, 0.717) is 6.42 Å². The fourth-order valence-electron chi connectivity index (χ4n) is 0.314. The molecule has 0 spiro atoms. The van der Waals surface area contributed by atoms with Gasteiger partial charge in [-0.3, -0.25) is 0 Å². The summed E-state index contributed by atoms with van der Waals surface area (Å²) < 4.78 is 18.4. The molecule has 0 bridgehead atoms. The van der Waals surface area contributed by atoms with E-state index in [-0.39, 0.29) is 6.61 Å². The molecule has 0 aliphatic rings. The van der Waals surface area contributed by atoms with E-state index in [1.165, 1.54) is 0 Å². The lowest BCUT2D eigenvalue weighted by Gasteiger charge is -2.07. The molecule has 2 atom stereocenters. The molecule has 66 valence electrons. The van der Waals surface area contributed by atoms with Crippen molar-refractivity contribution in [3.63, 3.8) is 0 Å². The van der Waals surface area contributed by atoms with Crippen molar-refractivity contribution >= 4 is 26.8 Å². The Morgan fingerprint density at radius 2 is 2.36 bits per heavy atom. The van der Waals surface area contributed by atoms with Gasteiger partial charge in [0.05, 0.1) is 6.61 Å². The summed E-state index contributed by atoms with van der Waals surface area (Å²) in [5, 5.41) is 0. The molecule has 0 aliphatic carbocycles. The molecule has 0 rings (SSSR count). The average molecular weight is 218 g/mol. The Labute approximate surface area is 70.5 Å². The maximum absolute atomic E-state index is 9.91. The van der Waals surface area contributed by atoms with Gasteiger partial charge in [-0.2, -0.15) is 0 Å². The van der Waals surface area contributed by atoms with Crippen molar-refractivity contribution in [2.45, 2.75) is 13.3 Å². The van der Waals surface area contributed by atoms with E-state index < -0.39 is 15.0 Å². The lowest BCUT2D eigenvalue weighted by molar-refractivity contribution is -0.179. The highest BCUT2D eigenvalue weighted by Gasteiger charge is 2.23. The van der Waals surface area contributed by atoms with Gasteiger partial charge in [0, 0.05) is 0 Å². The third-order valence-corrected chi connectivity index (χ3v) is 3.41. The zero-order valence-corrected chi connectivity index (χ0v) is 8.40. The van der Waals surface area contributed by atoms with Crippen LogP contribution in [0.25, 0.3) is 0 Å². The van der Waals surface area contributed by atoms with E-state index in [9.17, 15) is 9.46 Å². The van der Waals surface area contributed by atoms with Crippen LogP contribution < -0.4 is 4.89 Å². The quantitative estimate of drug-likeness (QED) is 0.683.